The van der Waals surface area contributed by atoms with Crippen molar-refractivity contribution in [2.45, 2.75) is 38.5 Å². The van der Waals surface area contributed by atoms with E-state index >= 15 is 0 Å². The van der Waals surface area contributed by atoms with Gasteiger partial charge in [0, 0.05) is 43.9 Å². The average Bonchev–Trinajstić information content (AvgIpc) is 3.01. The Kier molecular flexibility index (Phi) is 4.21. The quantitative estimate of drug-likeness (QED) is 0.918. The number of nitrogens with zero attached hydrogens (tertiary/aromatic N) is 4. The lowest BCUT2D eigenvalue weighted by molar-refractivity contribution is 0.102. The number of hydrogen-bond acceptors (Lipinski definition) is 7. The van der Waals surface area contributed by atoms with Gasteiger partial charge in [-0.2, -0.15) is 0 Å². The monoisotopic (exact) mass is 315 g/mol. The highest BCUT2D eigenvalue weighted by atomic mass is 16.5. The first-order valence-corrected chi connectivity index (χ1v) is 8.17. The van der Waals surface area contributed by atoms with Crippen molar-refractivity contribution in [3.05, 3.63) is 35.6 Å². The van der Waals surface area contributed by atoms with E-state index in [0.717, 1.165) is 68.3 Å². The molecular weight excluding hydrogens is 294 g/mol. The predicted molar refractivity (Wildman–Crippen MR) is 83.8 cm³/mol. The number of ether oxygens (including phenoxy) is 1. The molecule has 0 saturated carbocycles. The van der Waals surface area contributed by atoms with Crippen molar-refractivity contribution in [1.82, 2.24) is 20.0 Å². The van der Waals surface area contributed by atoms with Gasteiger partial charge in [0.15, 0.2) is 0 Å². The molecule has 4 rings (SSSR count). The second-order valence-electron chi connectivity index (χ2n) is 6.12. The molecule has 1 N–H and O–H groups in total. The third kappa shape index (κ3) is 3.35. The van der Waals surface area contributed by atoms with Crippen LogP contribution >= 0.6 is 0 Å². The molecule has 4 heterocycles. The van der Waals surface area contributed by atoms with E-state index in [1.165, 1.54) is 0 Å². The van der Waals surface area contributed by atoms with Gasteiger partial charge in [-0.3, -0.25) is 4.90 Å². The summed E-state index contributed by atoms with van der Waals surface area (Å²) in [7, 11) is 0. The fourth-order valence-corrected chi connectivity index (χ4v) is 3.24. The summed E-state index contributed by atoms with van der Waals surface area (Å²) in [5, 5.41) is 7.73. The SMILES string of the molecule is c1cc(NC2CCN(Cc3noc4c3COCC4)CC2)ncn1. The van der Waals surface area contributed by atoms with Crippen LogP contribution in [0.1, 0.15) is 29.9 Å². The summed E-state index contributed by atoms with van der Waals surface area (Å²) in [5.74, 6) is 1.91. The Morgan fingerprint density at radius 2 is 2.22 bits per heavy atom. The van der Waals surface area contributed by atoms with Crippen LogP contribution in [-0.2, 0) is 24.3 Å². The van der Waals surface area contributed by atoms with E-state index < -0.39 is 0 Å². The van der Waals surface area contributed by atoms with Crippen molar-refractivity contribution in [3.63, 3.8) is 0 Å². The van der Waals surface area contributed by atoms with E-state index in [1.54, 1.807) is 12.5 Å². The molecule has 0 spiro atoms. The molecule has 1 fully saturated rings. The van der Waals surface area contributed by atoms with E-state index in [-0.39, 0.29) is 0 Å². The first kappa shape index (κ1) is 14.6. The zero-order chi connectivity index (χ0) is 15.5. The number of hydrogen-bond donors (Lipinski definition) is 1. The molecule has 0 aromatic carbocycles. The van der Waals surface area contributed by atoms with E-state index in [2.05, 4.69) is 25.3 Å². The Labute approximate surface area is 135 Å². The maximum atomic E-state index is 5.53. The lowest BCUT2D eigenvalue weighted by Gasteiger charge is -2.32. The minimum absolute atomic E-state index is 0.468. The summed E-state index contributed by atoms with van der Waals surface area (Å²) in [6.07, 6.45) is 6.38. The molecule has 2 aromatic rings. The number of likely N-dealkylation sites (tertiary alicyclic amines) is 1. The molecule has 0 amide bonds. The largest absolute Gasteiger partial charge is 0.376 e. The summed E-state index contributed by atoms with van der Waals surface area (Å²) in [6.45, 7) is 4.32. The zero-order valence-electron chi connectivity index (χ0n) is 13.1. The zero-order valence-corrected chi connectivity index (χ0v) is 13.1. The average molecular weight is 315 g/mol. The molecule has 2 aliphatic rings. The minimum atomic E-state index is 0.468. The van der Waals surface area contributed by atoms with Gasteiger partial charge in [0.1, 0.15) is 23.6 Å². The lowest BCUT2D eigenvalue weighted by Crippen LogP contribution is -2.39. The van der Waals surface area contributed by atoms with E-state index in [4.69, 9.17) is 9.26 Å². The van der Waals surface area contributed by atoms with E-state index in [9.17, 15) is 0 Å². The molecule has 0 atom stereocenters. The number of piperidine rings is 1. The summed E-state index contributed by atoms with van der Waals surface area (Å²) in [4.78, 5) is 10.6. The predicted octanol–water partition coefficient (Wildman–Crippen LogP) is 1.61. The van der Waals surface area contributed by atoms with Crippen LogP contribution in [0.3, 0.4) is 0 Å². The number of aromatic nitrogens is 3. The van der Waals surface area contributed by atoms with Crippen LogP contribution in [-0.4, -0.2) is 45.8 Å². The van der Waals surface area contributed by atoms with Crippen molar-refractivity contribution >= 4 is 5.82 Å². The Balaban J connectivity index is 1.31. The summed E-state index contributed by atoms with van der Waals surface area (Å²) >= 11 is 0. The molecule has 1 saturated heterocycles. The van der Waals surface area contributed by atoms with Gasteiger partial charge in [0.05, 0.1) is 13.2 Å². The van der Waals surface area contributed by atoms with Crippen molar-refractivity contribution in [2.24, 2.45) is 0 Å². The molecule has 2 aliphatic heterocycles. The maximum Gasteiger partial charge on any atom is 0.144 e. The molecule has 23 heavy (non-hydrogen) atoms. The molecule has 7 heteroatoms. The highest BCUT2D eigenvalue weighted by Gasteiger charge is 2.24. The number of anilines is 1. The van der Waals surface area contributed by atoms with Crippen molar-refractivity contribution in [3.8, 4) is 0 Å². The fourth-order valence-electron chi connectivity index (χ4n) is 3.24. The molecular formula is C16H21N5O2. The maximum absolute atomic E-state index is 5.53. The third-order valence-corrected chi connectivity index (χ3v) is 4.57. The molecule has 0 unspecified atom stereocenters. The molecule has 0 bridgehead atoms. The molecule has 7 nitrogen and oxygen atoms in total. The lowest BCUT2D eigenvalue weighted by atomic mass is 10.0. The van der Waals surface area contributed by atoms with Crippen LogP contribution in [0.5, 0.6) is 0 Å². The molecule has 122 valence electrons. The summed E-state index contributed by atoms with van der Waals surface area (Å²) < 4.78 is 11.0. The normalized spacial score (nSPS) is 19.5. The van der Waals surface area contributed by atoms with E-state index in [1.807, 2.05) is 6.07 Å². The van der Waals surface area contributed by atoms with Crippen molar-refractivity contribution < 1.29 is 9.26 Å². The van der Waals surface area contributed by atoms with Crippen LogP contribution in [0.25, 0.3) is 0 Å². The molecule has 0 aliphatic carbocycles. The highest BCUT2D eigenvalue weighted by molar-refractivity contribution is 5.33. The Hall–Kier alpha value is -1.99. The second kappa shape index (κ2) is 6.64. The van der Waals surface area contributed by atoms with E-state index in [0.29, 0.717) is 12.6 Å². The van der Waals surface area contributed by atoms with Crippen LogP contribution in [0, 0.1) is 0 Å². The van der Waals surface area contributed by atoms with Gasteiger partial charge in [-0.15, -0.1) is 0 Å². The smallest absolute Gasteiger partial charge is 0.144 e. The van der Waals surface area contributed by atoms with Gasteiger partial charge in [-0.25, -0.2) is 9.97 Å². The number of fused-ring (bicyclic) bond motifs is 1. The van der Waals surface area contributed by atoms with Crippen molar-refractivity contribution in [2.75, 3.05) is 25.0 Å². The second-order valence-corrected chi connectivity index (χ2v) is 6.12. The Morgan fingerprint density at radius 1 is 1.30 bits per heavy atom. The van der Waals surface area contributed by atoms with Gasteiger partial charge < -0.3 is 14.6 Å². The summed E-state index contributed by atoms with van der Waals surface area (Å²) in [5.41, 5.74) is 2.21. The van der Waals surface area contributed by atoms with Crippen LogP contribution < -0.4 is 5.32 Å². The van der Waals surface area contributed by atoms with Crippen LogP contribution in [0.15, 0.2) is 23.1 Å². The minimum Gasteiger partial charge on any atom is -0.376 e. The van der Waals surface area contributed by atoms with Crippen LogP contribution in [0.4, 0.5) is 5.82 Å². The van der Waals surface area contributed by atoms with Crippen molar-refractivity contribution in [1.29, 1.82) is 0 Å². The third-order valence-electron chi connectivity index (χ3n) is 4.57. The standard InChI is InChI=1S/C16H21N5O2/c1-5-17-11-18-16(1)19-12-2-6-21(7-3-12)9-14-13-10-22-8-4-15(13)23-20-14/h1,5,11-12H,2-4,6-10H2,(H,17,18,19). The Morgan fingerprint density at radius 3 is 3.04 bits per heavy atom. The number of rotatable bonds is 4. The van der Waals surface area contributed by atoms with Gasteiger partial charge in [0.25, 0.3) is 0 Å². The topological polar surface area (TPSA) is 76.3 Å². The first-order valence-electron chi connectivity index (χ1n) is 8.17. The fraction of sp³-hybridized carbons (Fsp3) is 0.562. The first-order chi connectivity index (χ1) is 11.4. The van der Waals surface area contributed by atoms with Gasteiger partial charge in [-0.1, -0.05) is 5.16 Å². The van der Waals surface area contributed by atoms with Crippen LogP contribution in [0.2, 0.25) is 0 Å². The van der Waals surface area contributed by atoms with Gasteiger partial charge in [-0.05, 0) is 18.9 Å². The molecule has 0 radical (unpaired) electrons. The van der Waals surface area contributed by atoms with Gasteiger partial charge >= 0.3 is 0 Å². The molecule has 2 aromatic heterocycles. The Bertz CT molecular complexity index is 637. The number of nitrogens with one attached hydrogen (secondary N) is 1. The summed E-state index contributed by atoms with van der Waals surface area (Å²) in [6, 6.07) is 2.38. The van der Waals surface area contributed by atoms with Gasteiger partial charge in [0.2, 0.25) is 0 Å². The highest BCUT2D eigenvalue weighted by Crippen LogP contribution is 2.23.